The van der Waals surface area contributed by atoms with Crippen LogP contribution >= 0.6 is 23.4 Å². The lowest BCUT2D eigenvalue weighted by atomic mass is 10.1. The zero-order valence-corrected chi connectivity index (χ0v) is 10.8. The molecule has 1 aromatic heterocycles. The number of nitrogens with zero attached hydrogens (tertiary/aromatic N) is 1. The van der Waals surface area contributed by atoms with Crippen molar-refractivity contribution in [2.75, 3.05) is 0 Å². The summed E-state index contributed by atoms with van der Waals surface area (Å²) in [5.74, 6) is -0.0237. The molecule has 17 heavy (non-hydrogen) atoms. The molecule has 0 atom stereocenters. The van der Waals surface area contributed by atoms with E-state index in [1.165, 1.54) is 18.7 Å². The van der Waals surface area contributed by atoms with Gasteiger partial charge in [0, 0.05) is 16.7 Å². The second-order valence-corrected chi connectivity index (χ2v) is 4.97. The number of rotatable bonds is 3. The van der Waals surface area contributed by atoms with Crippen molar-refractivity contribution in [3.63, 3.8) is 0 Å². The third-order valence-electron chi connectivity index (χ3n) is 2.18. The van der Waals surface area contributed by atoms with Gasteiger partial charge in [0.1, 0.15) is 5.03 Å². The number of Topliss-reactive ketones (excluding diaryl/α,β-unsaturated/α-hetero) is 1. The van der Waals surface area contributed by atoms with Crippen molar-refractivity contribution < 1.29 is 4.79 Å². The number of aromatic nitrogens is 1. The molecule has 0 unspecified atom stereocenters. The molecule has 0 fully saturated rings. The Morgan fingerprint density at radius 2 is 2.12 bits per heavy atom. The molecule has 0 aliphatic heterocycles. The van der Waals surface area contributed by atoms with Crippen molar-refractivity contribution in [2.24, 2.45) is 0 Å². The molecule has 4 heteroatoms. The lowest BCUT2D eigenvalue weighted by molar-refractivity contribution is 0.101. The highest BCUT2D eigenvalue weighted by molar-refractivity contribution is 7.99. The molecule has 0 aliphatic carbocycles. The number of ketones is 1. The minimum absolute atomic E-state index is 0.0237. The Morgan fingerprint density at radius 3 is 2.71 bits per heavy atom. The average Bonchev–Trinajstić information content (AvgIpc) is 2.30. The van der Waals surface area contributed by atoms with Crippen LogP contribution in [0.5, 0.6) is 0 Å². The Hall–Kier alpha value is -1.32. The van der Waals surface area contributed by atoms with Gasteiger partial charge < -0.3 is 0 Å². The highest BCUT2D eigenvalue weighted by Crippen LogP contribution is 2.29. The van der Waals surface area contributed by atoms with Crippen LogP contribution in [-0.2, 0) is 0 Å². The number of benzene rings is 1. The molecule has 0 bridgehead atoms. The number of halogens is 1. The van der Waals surface area contributed by atoms with Crippen molar-refractivity contribution in [2.45, 2.75) is 16.8 Å². The quantitative estimate of drug-likeness (QED) is 0.782. The molecule has 0 spiro atoms. The standard InChI is InChI=1S/C13H10ClNOS/c1-9(16)11-6-5-10(8-12(11)14)17-13-4-2-3-7-15-13/h2-8H,1H3. The van der Waals surface area contributed by atoms with Gasteiger partial charge in [-0.25, -0.2) is 4.98 Å². The Kier molecular flexibility index (Phi) is 3.82. The lowest BCUT2D eigenvalue weighted by Crippen LogP contribution is -1.92. The number of pyridine rings is 1. The van der Waals surface area contributed by atoms with Gasteiger partial charge in [0.15, 0.2) is 5.78 Å². The highest BCUT2D eigenvalue weighted by Gasteiger charge is 2.07. The third-order valence-corrected chi connectivity index (χ3v) is 3.43. The molecular weight excluding hydrogens is 254 g/mol. The topological polar surface area (TPSA) is 30.0 Å². The zero-order valence-electron chi connectivity index (χ0n) is 9.18. The molecule has 2 nitrogen and oxygen atoms in total. The molecule has 1 heterocycles. The Labute approximate surface area is 109 Å². The van der Waals surface area contributed by atoms with Gasteiger partial charge in [-0.2, -0.15) is 0 Å². The molecule has 1 aromatic carbocycles. The van der Waals surface area contributed by atoms with Crippen LogP contribution in [0.4, 0.5) is 0 Å². The zero-order chi connectivity index (χ0) is 12.3. The fourth-order valence-electron chi connectivity index (χ4n) is 1.37. The molecule has 0 aliphatic rings. The predicted octanol–water partition coefficient (Wildman–Crippen LogP) is 4.09. The Morgan fingerprint density at radius 1 is 1.29 bits per heavy atom. The molecule has 0 saturated heterocycles. The minimum atomic E-state index is -0.0237. The third kappa shape index (κ3) is 3.08. The van der Waals surface area contributed by atoms with Gasteiger partial charge in [-0.1, -0.05) is 29.4 Å². The van der Waals surface area contributed by atoms with E-state index >= 15 is 0 Å². The summed E-state index contributed by atoms with van der Waals surface area (Å²) in [6, 6.07) is 11.1. The van der Waals surface area contributed by atoms with Gasteiger partial charge in [0.05, 0.1) is 5.02 Å². The summed E-state index contributed by atoms with van der Waals surface area (Å²) < 4.78 is 0. The second kappa shape index (κ2) is 5.34. The number of hydrogen-bond donors (Lipinski definition) is 0. The fourth-order valence-corrected chi connectivity index (χ4v) is 2.57. The van der Waals surface area contributed by atoms with E-state index in [1.54, 1.807) is 18.3 Å². The second-order valence-electron chi connectivity index (χ2n) is 3.47. The maximum Gasteiger partial charge on any atom is 0.161 e. The van der Waals surface area contributed by atoms with Crippen LogP contribution in [-0.4, -0.2) is 10.8 Å². The summed E-state index contributed by atoms with van der Waals surface area (Å²) in [6.45, 7) is 1.51. The van der Waals surface area contributed by atoms with Crippen LogP contribution in [0.25, 0.3) is 0 Å². The molecule has 0 radical (unpaired) electrons. The van der Waals surface area contributed by atoms with Crippen LogP contribution in [0.2, 0.25) is 5.02 Å². The van der Waals surface area contributed by atoms with E-state index in [0.29, 0.717) is 10.6 Å². The summed E-state index contributed by atoms with van der Waals surface area (Å²) in [7, 11) is 0. The van der Waals surface area contributed by atoms with Crippen molar-refractivity contribution in [3.05, 3.63) is 53.2 Å². The summed E-state index contributed by atoms with van der Waals surface area (Å²) in [5.41, 5.74) is 0.553. The van der Waals surface area contributed by atoms with Gasteiger partial charge in [-0.3, -0.25) is 4.79 Å². The smallest absolute Gasteiger partial charge is 0.161 e. The monoisotopic (exact) mass is 263 g/mol. The first-order valence-electron chi connectivity index (χ1n) is 5.06. The van der Waals surface area contributed by atoms with Gasteiger partial charge >= 0.3 is 0 Å². The van der Waals surface area contributed by atoms with E-state index in [9.17, 15) is 4.79 Å². The van der Waals surface area contributed by atoms with E-state index < -0.39 is 0 Å². The minimum Gasteiger partial charge on any atom is -0.294 e. The first-order chi connectivity index (χ1) is 8.16. The first kappa shape index (κ1) is 12.1. The summed E-state index contributed by atoms with van der Waals surface area (Å²) in [4.78, 5) is 16.4. The van der Waals surface area contributed by atoms with Crippen LogP contribution in [0, 0.1) is 0 Å². The van der Waals surface area contributed by atoms with Crippen LogP contribution < -0.4 is 0 Å². The van der Waals surface area contributed by atoms with Crippen molar-refractivity contribution in [1.82, 2.24) is 4.98 Å². The van der Waals surface area contributed by atoms with Gasteiger partial charge in [-0.05, 0) is 37.3 Å². The van der Waals surface area contributed by atoms with Crippen molar-refractivity contribution in [3.8, 4) is 0 Å². The van der Waals surface area contributed by atoms with Gasteiger partial charge in [0.25, 0.3) is 0 Å². The van der Waals surface area contributed by atoms with Crippen LogP contribution in [0.3, 0.4) is 0 Å². The fraction of sp³-hybridized carbons (Fsp3) is 0.0769. The lowest BCUT2D eigenvalue weighted by Gasteiger charge is -2.04. The normalized spacial score (nSPS) is 10.2. The van der Waals surface area contributed by atoms with E-state index in [0.717, 1.165) is 9.92 Å². The predicted molar refractivity (Wildman–Crippen MR) is 69.8 cm³/mol. The number of hydrogen-bond acceptors (Lipinski definition) is 3. The molecule has 0 amide bonds. The molecule has 0 saturated carbocycles. The van der Waals surface area contributed by atoms with E-state index in [-0.39, 0.29) is 5.78 Å². The molecule has 86 valence electrons. The van der Waals surface area contributed by atoms with E-state index in [4.69, 9.17) is 11.6 Å². The molecule has 2 aromatic rings. The maximum absolute atomic E-state index is 11.2. The Balaban J connectivity index is 2.24. The average molecular weight is 264 g/mol. The largest absolute Gasteiger partial charge is 0.294 e. The van der Waals surface area contributed by atoms with Crippen LogP contribution in [0.15, 0.2) is 52.5 Å². The highest BCUT2D eigenvalue weighted by atomic mass is 35.5. The molecular formula is C13H10ClNOS. The summed E-state index contributed by atoms with van der Waals surface area (Å²) >= 11 is 7.55. The molecule has 2 rings (SSSR count). The summed E-state index contributed by atoms with van der Waals surface area (Å²) in [6.07, 6.45) is 1.74. The van der Waals surface area contributed by atoms with E-state index in [1.807, 2.05) is 24.3 Å². The van der Waals surface area contributed by atoms with Crippen molar-refractivity contribution >= 4 is 29.1 Å². The Bertz CT molecular complexity index is 542. The van der Waals surface area contributed by atoms with Crippen LogP contribution in [0.1, 0.15) is 17.3 Å². The first-order valence-corrected chi connectivity index (χ1v) is 6.25. The number of carbonyl (C=O) groups excluding carboxylic acids is 1. The molecule has 0 N–H and O–H groups in total. The van der Waals surface area contributed by atoms with Gasteiger partial charge in [0.2, 0.25) is 0 Å². The maximum atomic E-state index is 11.2. The van der Waals surface area contributed by atoms with Gasteiger partial charge in [-0.15, -0.1) is 0 Å². The van der Waals surface area contributed by atoms with Crippen molar-refractivity contribution in [1.29, 1.82) is 0 Å². The SMILES string of the molecule is CC(=O)c1ccc(Sc2ccccn2)cc1Cl. The summed E-state index contributed by atoms with van der Waals surface area (Å²) in [5, 5.41) is 1.39. The number of carbonyl (C=O) groups is 1. The van der Waals surface area contributed by atoms with E-state index in [2.05, 4.69) is 4.98 Å².